The van der Waals surface area contributed by atoms with Crippen molar-refractivity contribution in [3.8, 4) is 0 Å². The molecule has 0 aromatic carbocycles. The Morgan fingerprint density at radius 2 is 0.889 bits per heavy atom. The van der Waals surface area contributed by atoms with E-state index >= 15 is 0 Å². The van der Waals surface area contributed by atoms with Gasteiger partial charge in [-0.3, -0.25) is 4.21 Å². The fourth-order valence-corrected chi connectivity index (χ4v) is 0. The molecule has 9 heteroatoms. The van der Waals surface area contributed by atoms with Crippen LogP contribution in [0.25, 0.3) is 0 Å². The molecule has 0 rings (SSSR count). The van der Waals surface area contributed by atoms with Gasteiger partial charge in [-0.2, -0.15) is 0 Å². The third-order valence-corrected chi connectivity index (χ3v) is 0. The Morgan fingerprint density at radius 1 is 0.889 bits per heavy atom. The van der Waals surface area contributed by atoms with Gasteiger partial charge in [-0.15, -0.1) is 11.4 Å². The van der Waals surface area contributed by atoms with E-state index in [9.17, 15) is 0 Å². The largest absolute Gasteiger partial charge is 1.00 e. The molecule has 0 atom stereocenters. The van der Waals surface area contributed by atoms with Crippen LogP contribution in [-0.4, -0.2) is 29.7 Å². The molecule has 0 fully saturated rings. The molecule has 0 aliphatic rings. The van der Waals surface area contributed by atoms with E-state index in [4.69, 9.17) is 13.3 Å². The third-order valence-electron chi connectivity index (χ3n) is 0. The second-order valence-electron chi connectivity index (χ2n) is 0.204. The van der Waals surface area contributed by atoms with Gasteiger partial charge in [0.15, 0.2) is 0 Å². The van der Waals surface area contributed by atoms with E-state index in [1.54, 1.807) is 0 Å². The Morgan fingerprint density at radius 3 is 0.889 bits per heavy atom. The Bertz CT molecular complexity index is 34.0. The van der Waals surface area contributed by atoms with Crippen LogP contribution < -0.4 is 59.1 Å². The normalized spacial score (nSPS) is 3.89. The van der Waals surface area contributed by atoms with Crippen molar-refractivity contribution in [3.63, 3.8) is 0 Å². The molecular formula is H6Na2O6S. The van der Waals surface area contributed by atoms with E-state index < -0.39 is 11.4 Å². The third kappa shape index (κ3) is 165. The average Bonchev–Trinajstić information content (AvgIpc) is 0.811. The zero-order valence-corrected chi connectivity index (χ0v) is 9.95. The van der Waals surface area contributed by atoms with Crippen molar-refractivity contribution in [3.05, 3.63) is 0 Å². The Balaban J connectivity index is -0.00000000450. The van der Waals surface area contributed by atoms with Crippen molar-refractivity contribution in [2.75, 3.05) is 0 Å². The van der Waals surface area contributed by atoms with E-state index in [0.717, 1.165) is 0 Å². The summed E-state index contributed by atoms with van der Waals surface area (Å²) in [4.78, 5) is 0. The summed E-state index contributed by atoms with van der Waals surface area (Å²) in [5.74, 6) is 0. The fraction of sp³-hybridized carbons (Fsp3) is 0. The van der Waals surface area contributed by atoms with Gasteiger partial charge in [0, 0.05) is 0 Å². The maximum atomic E-state index is 8.44. The van der Waals surface area contributed by atoms with Gasteiger partial charge < -0.3 is 25.5 Å². The summed E-state index contributed by atoms with van der Waals surface area (Å²) < 4.78 is 25.3. The van der Waals surface area contributed by atoms with E-state index in [1.807, 2.05) is 0 Å². The molecule has 50 valence electrons. The molecule has 0 saturated carbocycles. The smallest absolute Gasteiger partial charge is 0.784 e. The minimum absolute atomic E-state index is 0. The molecule has 0 aliphatic heterocycles. The van der Waals surface area contributed by atoms with Gasteiger partial charge in [-0.25, -0.2) is 0 Å². The molecule has 0 amide bonds. The van der Waals surface area contributed by atoms with E-state index in [0.29, 0.717) is 0 Å². The second kappa shape index (κ2) is 32.5. The first-order valence-electron chi connectivity index (χ1n) is 0.500. The van der Waals surface area contributed by atoms with Crippen molar-refractivity contribution >= 4 is 11.4 Å². The first kappa shape index (κ1) is 44.2. The van der Waals surface area contributed by atoms with Crippen molar-refractivity contribution in [1.29, 1.82) is 0 Å². The van der Waals surface area contributed by atoms with Crippen LogP contribution in [0.3, 0.4) is 0 Å². The quantitative estimate of drug-likeness (QED) is 0.268. The molecule has 6 nitrogen and oxygen atoms in total. The Hall–Kier alpha value is 1.95. The minimum Gasteiger partial charge on any atom is -0.784 e. The summed E-state index contributed by atoms with van der Waals surface area (Å²) in [6.45, 7) is 0. The summed E-state index contributed by atoms with van der Waals surface area (Å²) in [5, 5.41) is 0. The molecule has 0 unspecified atom stereocenters. The average molecular weight is 180 g/mol. The van der Waals surface area contributed by atoms with Crippen LogP contribution in [0.5, 0.6) is 0 Å². The molecule has 9 heavy (non-hydrogen) atoms. The predicted molar refractivity (Wildman–Crippen MR) is 20.5 cm³/mol. The molecule has 0 spiro atoms. The van der Waals surface area contributed by atoms with Gasteiger partial charge in [-0.05, 0) is 0 Å². The number of rotatable bonds is 0. The van der Waals surface area contributed by atoms with Gasteiger partial charge in [0.25, 0.3) is 0 Å². The molecule has 6 N–H and O–H groups in total. The molecule has 0 radical (unpaired) electrons. The van der Waals surface area contributed by atoms with Crippen molar-refractivity contribution in [2.24, 2.45) is 0 Å². The predicted octanol–water partition coefficient (Wildman–Crippen LogP) is -9.47. The van der Waals surface area contributed by atoms with Crippen LogP contribution >= 0.6 is 0 Å². The van der Waals surface area contributed by atoms with Crippen LogP contribution in [0.4, 0.5) is 0 Å². The van der Waals surface area contributed by atoms with Crippen LogP contribution in [0, 0.1) is 0 Å². The fourth-order valence-electron chi connectivity index (χ4n) is 0. The second-order valence-corrected chi connectivity index (χ2v) is 0.612. The van der Waals surface area contributed by atoms with Gasteiger partial charge in [0.2, 0.25) is 0 Å². The minimum atomic E-state index is -3.11. The van der Waals surface area contributed by atoms with Gasteiger partial charge in [-0.1, -0.05) is 0 Å². The van der Waals surface area contributed by atoms with Gasteiger partial charge in [0.1, 0.15) is 0 Å². The van der Waals surface area contributed by atoms with E-state index in [1.165, 1.54) is 0 Å². The van der Waals surface area contributed by atoms with Crippen LogP contribution in [0.1, 0.15) is 0 Å². The molecule has 0 aliphatic carbocycles. The zero-order chi connectivity index (χ0) is 3.58. The standard InChI is InChI=1S/2Na.H2O3S.3H2O/c;;1-4(2)3;;;/h;;(H2,1,2,3);3*1H2/q2*+1;;;;/p-2. The summed E-state index contributed by atoms with van der Waals surface area (Å²) in [5.41, 5.74) is 0. The van der Waals surface area contributed by atoms with Crippen molar-refractivity contribution in [1.82, 2.24) is 0 Å². The summed E-state index contributed by atoms with van der Waals surface area (Å²) in [7, 11) is 0. The molecule has 0 aromatic heterocycles. The first-order valence-corrected chi connectivity index (χ1v) is 1.50. The Labute approximate surface area is 99.0 Å². The summed E-state index contributed by atoms with van der Waals surface area (Å²) in [6.07, 6.45) is 0. The topological polar surface area (TPSA) is 158 Å². The van der Waals surface area contributed by atoms with Crippen molar-refractivity contribution in [2.45, 2.75) is 0 Å². The van der Waals surface area contributed by atoms with Crippen LogP contribution in [0.15, 0.2) is 0 Å². The zero-order valence-electron chi connectivity index (χ0n) is 5.13. The van der Waals surface area contributed by atoms with Crippen LogP contribution in [0.2, 0.25) is 0 Å². The Kier molecular flexibility index (Phi) is 160. The summed E-state index contributed by atoms with van der Waals surface area (Å²) >= 11 is -3.11. The maximum Gasteiger partial charge on any atom is 1.00 e. The van der Waals surface area contributed by atoms with Gasteiger partial charge >= 0.3 is 59.1 Å². The monoisotopic (exact) mass is 180 g/mol. The van der Waals surface area contributed by atoms with E-state index in [-0.39, 0.29) is 75.5 Å². The number of hydrogen-bond donors (Lipinski definition) is 0. The summed E-state index contributed by atoms with van der Waals surface area (Å²) in [6, 6.07) is 0. The molecule has 0 heterocycles. The first-order chi connectivity index (χ1) is 1.73. The SMILES string of the molecule is O.O.O.O=S([O-])[O-].[Na+].[Na+]. The molecule has 0 aromatic rings. The maximum absolute atomic E-state index is 8.44. The number of hydrogen-bond acceptors (Lipinski definition) is 3. The van der Waals surface area contributed by atoms with Crippen molar-refractivity contribution < 1.29 is 88.9 Å². The molecule has 0 bridgehead atoms. The molecular weight excluding hydrogens is 174 g/mol. The van der Waals surface area contributed by atoms with Crippen LogP contribution in [-0.2, 0) is 11.4 Å². The van der Waals surface area contributed by atoms with Gasteiger partial charge in [0.05, 0.1) is 0 Å². The molecule has 0 saturated heterocycles. The van der Waals surface area contributed by atoms with E-state index in [2.05, 4.69) is 0 Å².